The maximum atomic E-state index is 12.6. The highest BCUT2D eigenvalue weighted by atomic mass is 16.5. The lowest BCUT2D eigenvalue weighted by Gasteiger charge is -2.18. The van der Waals surface area contributed by atoms with Gasteiger partial charge in [0.15, 0.2) is 5.65 Å². The molecule has 0 N–H and O–H groups in total. The zero-order valence-electron chi connectivity index (χ0n) is 14.8. The average molecular weight is 325 g/mol. The molecule has 0 saturated carbocycles. The van der Waals surface area contributed by atoms with Gasteiger partial charge in [-0.3, -0.25) is 9.13 Å². The predicted octanol–water partition coefficient (Wildman–Crippen LogP) is 3.46. The molecule has 0 unspecified atom stereocenters. The summed E-state index contributed by atoms with van der Waals surface area (Å²) in [5.41, 5.74) is 3.40. The van der Waals surface area contributed by atoms with Crippen molar-refractivity contribution in [1.29, 1.82) is 0 Å². The highest BCUT2D eigenvalue weighted by molar-refractivity contribution is 5.76. The summed E-state index contributed by atoms with van der Waals surface area (Å²) in [6.07, 6.45) is 0. The fraction of sp³-hybridized carbons (Fsp3) is 0.368. The van der Waals surface area contributed by atoms with Gasteiger partial charge in [0.05, 0.1) is 18.3 Å². The van der Waals surface area contributed by atoms with E-state index < -0.39 is 0 Å². The molecule has 5 nitrogen and oxygen atoms in total. The molecule has 126 valence electrons. The molecule has 3 aromatic rings. The second kappa shape index (κ2) is 5.82. The fourth-order valence-corrected chi connectivity index (χ4v) is 2.82. The molecule has 0 spiro atoms. The summed E-state index contributed by atoms with van der Waals surface area (Å²) >= 11 is 0. The second-order valence-corrected chi connectivity index (χ2v) is 7.26. The Balaban J connectivity index is 2.11. The van der Waals surface area contributed by atoms with Crippen molar-refractivity contribution in [3.05, 3.63) is 46.9 Å². The van der Waals surface area contributed by atoms with E-state index in [1.807, 2.05) is 36.4 Å². The molecule has 0 amide bonds. The number of ether oxygens (including phenoxy) is 1. The normalized spacial score (nSPS) is 11.9. The first-order chi connectivity index (χ1) is 11.3. The van der Waals surface area contributed by atoms with Crippen LogP contribution in [-0.4, -0.2) is 21.2 Å². The Hall–Kier alpha value is -2.56. The number of imidazole rings is 1. The molecule has 0 fully saturated rings. The van der Waals surface area contributed by atoms with Gasteiger partial charge in [-0.15, -0.1) is 0 Å². The first-order valence-electron chi connectivity index (χ1n) is 8.01. The predicted molar refractivity (Wildman–Crippen MR) is 96.4 cm³/mol. The lowest BCUT2D eigenvalue weighted by atomic mass is 9.97. The molecule has 0 aliphatic carbocycles. The zero-order valence-corrected chi connectivity index (χ0v) is 14.8. The smallest absolute Gasteiger partial charge is 0.330 e. The second-order valence-electron chi connectivity index (χ2n) is 7.26. The van der Waals surface area contributed by atoms with Crippen molar-refractivity contribution in [2.75, 3.05) is 7.11 Å². The standard InChI is InChI=1S/C19H23N3O2/c1-19(2,3)12-22-16-11-10-15(20-17(16)21(4)18(22)23)13-6-8-14(24-5)9-7-13/h6-11H,12H2,1-5H3. The maximum absolute atomic E-state index is 12.6. The van der Waals surface area contributed by atoms with Gasteiger partial charge in [0.1, 0.15) is 5.75 Å². The third-order valence-electron chi connectivity index (χ3n) is 4.00. The van der Waals surface area contributed by atoms with E-state index >= 15 is 0 Å². The van der Waals surface area contributed by atoms with E-state index in [-0.39, 0.29) is 11.1 Å². The van der Waals surface area contributed by atoms with Gasteiger partial charge >= 0.3 is 5.69 Å². The van der Waals surface area contributed by atoms with Crippen molar-refractivity contribution >= 4 is 11.2 Å². The summed E-state index contributed by atoms with van der Waals surface area (Å²) < 4.78 is 8.62. The van der Waals surface area contributed by atoms with Crippen molar-refractivity contribution in [2.24, 2.45) is 12.5 Å². The number of hydrogen-bond acceptors (Lipinski definition) is 3. The number of pyridine rings is 1. The molecule has 3 rings (SSSR count). The topological polar surface area (TPSA) is 49.1 Å². The summed E-state index contributed by atoms with van der Waals surface area (Å²) in [4.78, 5) is 17.3. The van der Waals surface area contributed by atoms with Gasteiger partial charge in [-0.25, -0.2) is 9.78 Å². The summed E-state index contributed by atoms with van der Waals surface area (Å²) in [6.45, 7) is 7.03. The SMILES string of the molecule is COc1ccc(-c2ccc3c(n2)n(C)c(=O)n3CC(C)(C)C)cc1. The first-order valence-corrected chi connectivity index (χ1v) is 8.01. The highest BCUT2D eigenvalue weighted by Crippen LogP contribution is 2.24. The van der Waals surface area contributed by atoms with Gasteiger partial charge < -0.3 is 4.74 Å². The average Bonchev–Trinajstić information content (AvgIpc) is 2.78. The lowest BCUT2D eigenvalue weighted by Crippen LogP contribution is -2.27. The van der Waals surface area contributed by atoms with E-state index in [0.29, 0.717) is 12.2 Å². The number of benzene rings is 1. The molecule has 5 heteroatoms. The largest absolute Gasteiger partial charge is 0.497 e. The summed E-state index contributed by atoms with van der Waals surface area (Å²) in [7, 11) is 3.42. The quantitative estimate of drug-likeness (QED) is 0.741. The van der Waals surface area contributed by atoms with Gasteiger partial charge in [-0.2, -0.15) is 0 Å². The van der Waals surface area contributed by atoms with Gasteiger partial charge in [0.25, 0.3) is 0 Å². The molecule has 0 atom stereocenters. The Morgan fingerprint density at radius 2 is 1.75 bits per heavy atom. The number of aromatic nitrogens is 3. The number of rotatable bonds is 3. The lowest BCUT2D eigenvalue weighted by molar-refractivity contribution is 0.342. The van der Waals surface area contributed by atoms with Crippen LogP contribution in [0.5, 0.6) is 5.75 Å². The Kier molecular flexibility index (Phi) is 3.95. The maximum Gasteiger partial charge on any atom is 0.330 e. The van der Waals surface area contributed by atoms with Crippen molar-refractivity contribution in [3.8, 4) is 17.0 Å². The Bertz CT molecular complexity index is 928. The van der Waals surface area contributed by atoms with Gasteiger partial charge in [0.2, 0.25) is 0 Å². The van der Waals surface area contributed by atoms with E-state index in [1.165, 1.54) is 0 Å². The van der Waals surface area contributed by atoms with Crippen LogP contribution >= 0.6 is 0 Å². The van der Waals surface area contributed by atoms with Crippen LogP contribution in [0.25, 0.3) is 22.4 Å². The molecule has 0 bridgehead atoms. The third-order valence-corrected chi connectivity index (χ3v) is 4.00. The number of nitrogens with zero attached hydrogens (tertiary/aromatic N) is 3. The summed E-state index contributed by atoms with van der Waals surface area (Å²) in [5.74, 6) is 0.809. The minimum absolute atomic E-state index is 0.0206. The number of methoxy groups -OCH3 is 1. The van der Waals surface area contributed by atoms with Crippen LogP contribution in [0.4, 0.5) is 0 Å². The van der Waals surface area contributed by atoms with Crippen LogP contribution in [-0.2, 0) is 13.6 Å². The van der Waals surface area contributed by atoms with Gasteiger partial charge in [-0.05, 0) is 41.8 Å². The molecule has 24 heavy (non-hydrogen) atoms. The zero-order chi connectivity index (χ0) is 17.5. The van der Waals surface area contributed by atoms with E-state index in [0.717, 1.165) is 22.5 Å². The van der Waals surface area contributed by atoms with E-state index in [4.69, 9.17) is 9.72 Å². The minimum Gasteiger partial charge on any atom is -0.497 e. The van der Waals surface area contributed by atoms with Crippen LogP contribution < -0.4 is 10.4 Å². The molecule has 2 aromatic heterocycles. The molecule has 1 aromatic carbocycles. The van der Waals surface area contributed by atoms with Crippen molar-refractivity contribution < 1.29 is 4.74 Å². The van der Waals surface area contributed by atoms with Crippen LogP contribution in [0, 0.1) is 5.41 Å². The highest BCUT2D eigenvalue weighted by Gasteiger charge is 2.18. The molecule has 0 saturated heterocycles. The summed E-state index contributed by atoms with van der Waals surface area (Å²) in [5, 5.41) is 0. The van der Waals surface area contributed by atoms with Crippen molar-refractivity contribution in [3.63, 3.8) is 0 Å². The van der Waals surface area contributed by atoms with Crippen LogP contribution in [0.1, 0.15) is 20.8 Å². The number of fused-ring (bicyclic) bond motifs is 1. The number of aryl methyl sites for hydroxylation is 1. The third kappa shape index (κ3) is 2.94. The van der Waals surface area contributed by atoms with Crippen LogP contribution in [0.2, 0.25) is 0 Å². The minimum atomic E-state index is -0.0284. The monoisotopic (exact) mass is 325 g/mol. The molecule has 2 heterocycles. The van der Waals surface area contributed by atoms with Crippen molar-refractivity contribution in [2.45, 2.75) is 27.3 Å². The van der Waals surface area contributed by atoms with Crippen molar-refractivity contribution in [1.82, 2.24) is 14.1 Å². The molecular weight excluding hydrogens is 302 g/mol. The Morgan fingerprint density at radius 3 is 2.33 bits per heavy atom. The molecule has 0 aliphatic heterocycles. The first kappa shape index (κ1) is 16.3. The fourth-order valence-electron chi connectivity index (χ4n) is 2.82. The Labute approximate surface area is 141 Å². The molecule has 0 aliphatic rings. The van der Waals surface area contributed by atoms with Gasteiger partial charge in [0, 0.05) is 19.2 Å². The van der Waals surface area contributed by atoms with Crippen LogP contribution in [0.15, 0.2) is 41.2 Å². The van der Waals surface area contributed by atoms with E-state index in [1.54, 1.807) is 23.3 Å². The Morgan fingerprint density at radius 1 is 1.08 bits per heavy atom. The van der Waals surface area contributed by atoms with E-state index in [9.17, 15) is 4.79 Å². The van der Waals surface area contributed by atoms with E-state index in [2.05, 4.69) is 20.8 Å². The molecular formula is C19H23N3O2. The van der Waals surface area contributed by atoms with Crippen LogP contribution in [0.3, 0.4) is 0 Å². The number of hydrogen-bond donors (Lipinski definition) is 0. The molecule has 0 radical (unpaired) electrons. The van der Waals surface area contributed by atoms with Gasteiger partial charge in [-0.1, -0.05) is 20.8 Å². The summed E-state index contributed by atoms with van der Waals surface area (Å²) in [6, 6.07) is 11.7.